The molecule has 0 saturated carbocycles. The van der Waals surface area contributed by atoms with Gasteiger partial charge >= 0.3 is 6.36 Å². The van der Waals surface area contributed by atoms with Gasteiger partial charge in [-0.15, -0.1) is 13.2 Å². The van der Waals surface area contributed by atoms with Crippen LogP contribution in [-0.2, 0) is 6.61 Å². The van der Waals surface area contributed by atoms with Crippen molar-refractivity contribution in [3.63, 3.8) is 0 Å². The van der Waals surface area contributed by atoms with Crippen molar-refractivity contribution in [3.8, 4) is 23.0 Å². The van der Waals surface area contributed by atoms with Crippen LogP contribution in [0.1, 0.15) is 5.56 Å². The lowest BCUT2D eigenvalue weighted by Crippen LogP contribution is -2.16. The molecule has 0 saturated heterocycles. The highest BCUT2D eigenvalue weighted by molar-refractivity contribution is 5.39. The Hall–Kier alpha value is -3.15. The van der Waals surface area contributed by atoms with E-state index in [0.717, 1.165) is 5.56 Å². The van der Waals surface area contributed by atoms with E-state index in [4.69, 9.17) is 9.47 Å². The second-order valence-corrected chi connectivity index (χ2v) is 5.37. The third kappa shape index (κ3) is 5.44. The summed E-state index contributed by atoms with van der Waals surface area (Å²) in [6.07, 6.45) is -4.75. The first-order valence-electron chi connectivity index (χ1n) is 7.78. The maximum absolute atomic E-state index is 12.3. The van der Waals surface area contributed by atoms with Crippen molar-refractivity contribution in [1.82, 2.24) is 0 Å². The molecule has 0 unspecified atom stereocenters. The van der Waals surface area contributed by atoms with Gasteiger partial charge in [-0.25, -0.2) is 0 Å². The van der Waals surface area contributed by atoms with Crippen LogP contribution in [0.15, 0.2) is 78.9 Å². The van der Waals surface area contributed by atoms with Crippen molar-refractivity contribution in [3.05, 3.63) is 84.4 Å². The maximum Gasteiger partial charge on any atom is 0.573 e. The van der Waals surface area contributed by atoms with Gasteiger partial charge in [0.05, 0.1) is 0 Å². The Morgan fingerprint density at radius 3 is 1.88 bits per heavy atom. The van der Waals surface area contributed by atoms with E-state index < -0.39 is 6.36 Å². The molecule has 0 bridgehead atoms. The van der Waals surface area contributed by atoms with Crippen LogP contribution in [0.2, 0.25) is 0 Å². The molecule has 134 valence electrons. The van der Waals surface area contributed by atoms with Crippen molar-refractivity contribution in [1.29, 1.82) is 0 Å². The number of alkyl halides is 3. The molecular weight excluding hydrogens is 345 g/mol. The molecule has 0 aliphatic carbocycles. The molecule has 3 aromatic carbocycles. The van der Waals surface area contributed by atoms with Gasteiger partial charge in [0.15, 0.2) is 0 Å². The normalized spacial score (nSPS) is 11.0. The number of hydrogen-bond donors (Lipinski definition) is 0. The minimum absolute atomic E-state index is 0.229. The Balaban J connectivity index is 1.66. The van der Waals surface area contributed by atoms with Crippen LogP contribution in [0.5, 0.6) is 23.0 Å². The number of rotatable bonds is 6. The van der Waals surface area contributed by atoms with E-state index in [1.54, 1.807) is 30.3 Å². The Morgan fingerprint density at radius 2 is 1.23 bits per heavy atom. The first-order valence-corrected chi connectivity index (χ1v) is 7.78. The summed E-state index contributed by atoms with van der Waals surface area (Å²) < 4.78 is 52.1. The zero-order chi connectivity index (χ0) is 18.4. The van der Waals surface area contributed by atoms with Crippen LogP contribution in [0, 0.1) is 0 Å². The smallest absolute Gasteiger partial charge is 0.489 e. The van der Waals surface area contributed by atoms with Crippen LogP contribution in [-0.4, -0.2) is 6.36 Å². The summed E-state index contributed by atoms with van der Waals surface area (Å²) in [6, 6.07) is 21.9. The third-order valence-electron chi connectivity index (χ3n) is 3.33. The lowest BCUT2D eigenvalue weighted by Gasteiger charge is -2.12. The molecule has 0 atom stereocenters. The Labute approximate surface area is 148 Å². The van der Waals surface area contributed by atoms with E-state index in [1.807, 2.05) is 30.3 Å². The minimum Gasteiger partial charge on any atom is -0.489 e. The van der Waals surface area contributed by atoms with Gasteiger partial charge in [0.25, 0.3) is 0 Å². The van der Waals surface area contributed by atoms with E-state index in [0.29, 0.717) is 18.1 Å². The van der Waals surface area contributed by atoms with Gasteiger partial charge in [0.2, 0.25) is 0 Å². The van der Waals surface area contributed by atoms with Gasteiger partial charge in [-0.3, -0.25) is 0 Å². The second kappa shape index (κ2) is 7.82. The largest absolute Gasteiger partial charge is 0.573 e. The Kier molecular flexibility index (Phi) is 5.31. The fraction of sp³-hybridized carbons (Fsp3) is 0.100. The number of benzene rings is 3. The zero-order valence-electron chi connectivity index (χ0n) is 13.6. The third-order valence-corrected chi connectivity index (χ3v) is 3.33. The number of ether oxygens (including phenoxy) is 3. The molecule has 0 aliphatic rings. The molecule has 0 radical (unpaired) electrons. The van der Waals surface area contributed by atoms with Crippen LogP contribution < -0.4 is 14.2 Å². The lowest BCUT2D eigenvalue weighted by molar-refractivity contribution is -0.274. The van der Waals surface area contributed by atoms with Crippen molar-refractivity contribution in [2.45, 2.75) is 13.0 Å². The standard InChI is InChI=1S/C20H15F3O3/c21-20(22,23)26-19-11-5-10-18(13-19)25-17-9-4-8-16(12-17)24-14-15-6-2-1-3-7-15/h1-13H,14H2. The van der Waals surface area contributed by atoms with Crippen molar-refractivity contribution >= 4 is 0 Å². The quantitative estimate of drug-likeness (QED) is 0.543. The first kappa shape index (κ1) is 17.7. The highest BCUT2D eigenvalue weighted by Crippen LogP contribution is 2.30. The molecule has 3 aromatic rings. The summed E-state index contributed by atoms with van der Waals surface area (Å²) in [5, 5.41) is 0. The SMILES string of the molecule is FC(F)(F)Oc1cccc(Oc2cccc(OCc3ccccc3)c2)c1. The topological polar surface area (TPSA) is 27.7 Å². The van der Waals surface area contributed by atoms with Crippen molar-refractivity contribution in [2.24, 2.45) is 0 Å². The highest BCUT2D eigenvalue weighted by atomic mass is 19.4. The molecule has 0 amide bonds. The average molecular weight is 360 g/mol. The van der Waals surface area contributed by atoms with E-state index in [2.05, 4.69) is 4.74 Å². The summed E-state index contributed by atoms with van der Waals surface area (Å²) in [6.45, 7) is 0.402. The van der Waals surface area contributed by atoms with Crippen LogP contribution in [0.4, 0.5) is 13.2 Å². The van der Waals surface area contributed by atoms with Crippen LogP contribution in [0.25, 0.3) is 0 Å². The van der Waals surface area contributed by atoms with E-state index in [-0.39, 0.29) is 11.5 Å². The second-order valence-electron chi connectivity index (χ2n) is 5.37. The summed E-state index contributed by atoms with van der Waals surface area (Å²) >= 11 is 0. The molecular formula is C20H15F3O3. The van der Waals surface area contributed by atoms with E-state index >= 15 is 0 Å². The molecule has 0 spiro atoms. The van der Waals surface area contributed by atoms with E-state index in [1.165, 1.54) is 18.2 Å². The molecule has 6 heteroatoms. The van der Waals surface area contributed by atoms with Gasteiger partial charge < -0.3 is 14.2 Å². The molecule has 3 rings (SSSR count). The summed E-state index contributed by atoms with van der Waals surface area (Å²) in [7, 11) is 0. The summed E-state index contributed by atoms with van der Waals surface area (Å²) in [5.74, 6) is 0.923. The fourth-order valence-electron chi connectivity index (χ4n) is 2.24. The number of hydrogen-bond acceptors (Lipinski definition) is 3. The highest BCUT2D eigenvalue weighted by Gasteiger charge is 2.31. The van der Waals surface area contributed by atoms with Gasteiger partial charge in [0, 0.05) is 12.1 Å². The van der Waals surface area contributed by atoms with Gasteiger partial charge in [-0.2, -0.15) is 0 Å². The maximum atomic E-state index is 12.3. The Morgan fingerprint density at radius 1 is 0.654 bits per heavy atom. The zero-order valence-corrected chi connectivity index (χ0v) is 13.6. The van der Waals surface area contributed by atoms with Crippen LogP contribution in [0.3, 0.4) is 0 Å². The summed E-state index contributed by atoms with van der Waals surface area (Å²) in [5.41, 5.74) is 1.02. The van der Waals surface area contributed by atoms with Crippen LogP contribution >= 0.6 is 0 Å². The molecule has 26 heavy (non-hydrogen) atoms. The number of halogens is 3. The van der Waals surface area contributed by atoms with E-state index in [9.17, 15) is 13.2 Å². The predicted molar refractivity (Wildman–Crippen MR) is 90.4 cm³/mol. The molecule has 0 aromatic heterocycles. The lowest BCUT2D eigenvalue weighted by atomic mass is 10.2. The first-order chi connectivity index (χ1) is 12.5. The fourth-order valence-corrected chi connectivity index (χ4v) is 2.24. The van der Waals surface area contributed by atoms with Gasteiger partial charge in [-0.1, -0.05) is 42.5 Å². The Bertz CT molecular complexity index is 848. The van der Waals surface area contributed by atoms with Crippen molar-refractivity contribution < 1.29 is 27.4 Å². The predicted octanol–water partition coefficient (Wildman–Crippen LogP) is 5.96. The summed E-state index contributed by atoms with van der Waals surface area (Å²) in [4.78, 5) is 0. The molecule has 0 aliphatic heterocycles. The average Bonchev–Trinajstić information content (AvgIpc) is 2.60. The monoisotopic (exact) mass is 360 g/mol. The minimum atomic E-state index is -4.75. The van der Waals surface area contributed by atoms with Crippen molar-refractivity contribution in [2.75, 3.05) is 0 Å². The molecule has 0 fully saturated rings. The molecule has 0 heterocycles. The van der Waals surface area contributed by atoms with Gasteiger partial charge in [0.1, 0.15) is 29.6 Å². The molecule has 3 nitrogen and oxygen atoms in total. The molecule has 0 N–H and O–H groups in total. The van der Waals surface area contributed by atoms with Gasteiger partial charge in [-0.05, 0) is 29.8 Å².